The number of aromatic nitrogens is 1. The number of fused-ring (bicyclic) bond motifs is 1. The maximum atomic E-state index is 13.7. The first-order chi connectivity index (χ1) is 10.3. The van der Waals surface area contributed by atoms with E-state index in [1.807, 2.05) is 24.4 Å². The molecule has 0 bridgehead atoms. The summed E-state index contributed by atoms with van der Waals surface area (Å²) in [7, 11) is 1.45. The highest BCUT2D eigenvalue weighted by molar-refractivity contribution is 5.84. The number of rotatable bonds is 4. The van der Waals surface area contributed by atoms with Crippen LogP contribution in [-0.4, -0.2) is 12.1 Å². The van der Waals surface area contributed by atoms with Crippen LogP contribution >= 0.6 is 0 Å². The van der Waals surface area contributed by atoms with Crippen LogP contribution in [0.5, 0.6) is 5.75 Å². The number of halogens is 1. The molecule has 0 amide bonds. The summed E-state index contributed by atoms with van der Waals surface area (Å²) in [4.78, 5) is 4.12. The Kier molecular flexibility index (Phi) is 3.69. The van der Waals surface area contributed by atoms with Crippen LogP contribution in [0, 0.1) is 5.82 Å². The second kappa shape index (κ2) is 5.79. The molecule has 0 spiro atoms. The summed E-state index contributed by atoms with van der Waals surface area (Å²) in [5.74, 6) is -0.124. The fraction of sp³-hybridized carbons (Fsp3) is 0.118. The number of anilines is 1. The zero-order valence-electron chi connectivity index (χ0n) is 11.6. The molecule has 3 aromatic rings. The molecule has 0 unspecified atom stereocenters. The van der Waals surface area contributed by atoms with Crippen LogP contribution in [0.4, 0.5) is 10.1 Å². The van der Waals surface area contributed by atoms with Gasteiger partial charge in [-0.25, -0.2) is 4.39 Å². The van der Waals surface area contributed by atoms with Crippen molar-refractivity contribution in [2.45, 2.75) is 6.54 Å². The summed E-state index contributed by atoms with van der Waals surface area (Å²) in [6, 6.07) is 12.9. The minimum atomic E-state index is -0.371. The summed E-state index contributed by atoms with van der Waals surface area (Å²) in [6.07, 6.45) is 3.62. The van der Waals surface area contributed by atoms with Crippen molar-refractivity contribution in [1.29, 1.82) is 0 Å². The lowest BCUT2D eigenvalue weighted by molar-refractivity contribution is 0.386. The van der Waals surface area contributed by atoms with Crippen molar-refractivity contribution >= 4 is 16.5 Å². The molecule has 4 heteroatoms. The highest BCUT2D eigenvalue weighted by atomic mass is 19.1. The summed E-state index contributed by atoms with van der Waals surface area (Å²) in [5.41, 5.74) is 1.87. The molecule has 21 heavy (non-hydrogen) atoms. The van der Waals surface area contributed by atoms with Gasteiger partial charge in [0.25, 0.3) is 0 Å². The molecule has 0 aliphatic rings. The smallest absolute Gasteiger partial charge is 0.167 e. The Morgan fingerprint density at radius 3 is 2.90 bits per heavy atom. The average molecular weight is 282 g/mol. The van der Waals surface area contributed by atoms with Gasteiger partial charge in [-0.1, -0.05) is 18.2 Å². The van der Waals surface area contributed by atoms with Crippen molar-refractivity contribution in [1.82, 2.24) is 4.98 Å². The van der Waals surface area contributed by atoms with Crippen molar-refractivity contribution in [3.63, 3.8) is 0 Å². The second-order valence-electron chi connectivity index (χ2n) is 4.72. The van der Waals surface area contributed by atoms with Gasteiger partial charge in [-0.05, 0) is 29.1 Å². The summed E-state index contributed by atoms with van der Waals surface area (Å²) < 4.78 is 18.6. The van der Waals surface area contributed by atoms with Crippen molar-refractivity contribution < 1.29 is 9.13 Å². The van der Waals surface area contributed by atoms with Crippen LogP contribution in [0.2, 0.25) is 0 Å². The van der Waals surface area contributed by atoms with Crippen LogP contribution in [-0.2, 0) is 6.54 Å². The van der Waals surface area contributed by atoms with E-state index in [0.717, 1.165) is 22.0 Å². The van der Waals surface area contributed by atoms with E-state index in [4.69, 9.17) is 4.74 Å². The fourth-order valence-corrected chi connectivity index (χ4v) is 2.32. The zero-order valence-corrected chi connectivity index (χ0v) is 11.6. The molecule has 0 fully saturated rings. The Hall–Kier alpha value is -2.62. The largest absolute Gasteiger partial charge is 0.494 e. The lowest BCUT2D eigenvalue weighted by Gasteiger charge is -2.10. The third-order valence-corrected chi connectivity index (χ3v) is 3.41. The number of methoxy groups -OCH3 is 1. The molecular formula is C17H15FN2O. The van der Waals surface area contributed by atoms with E-state index in [1.54, 1.807) is 18.3 Å². The van der Waals surface area contributed by atoms with E-state index in [-0.39, 0.29) is 11.6 Å². The lowest BCUT2D eigenvalue weighted by Crippen LogP contribution is -2.01. The quantitative estimate of drug-likeness (QED) is 0.785. The van der Waals surface area contributed by atoms with Crippen LogP contribution in [0.25, 0.3) is 10.8 Å². The highest BCUT2D eigenvalue weighted by Crippen LogP contribution is 2.22. The van der Waals surface area contributed by atoms with Gasteiger partial charge in [-0.3, -0.25) is 4.98 Å². The molecule has 3 nitrogen and oxygen atoms in total. The third kappa shape index (κ3) is 2.79. The summed E-state index contributed by atoms with van der Waals surface area (Å²) in [6.45, 7) is 0.618. The van der Waals surface area contributed by atoms with E-state index >= 15 is 0 Å². The number of hydrogen-bond acceptors (Lipinski definition) is 3. The maximum Gasteiger partial charge on any atom is 0.167 e. The SMILES string of the molecule is COc1ccc(NCc2cccc3cnccc23)cc1F. The number of nitrogens with one attached hydrogen (secondary N) is 1. The topological polar surface area (TPSA) is 34.1 Å². The van der Waals surface area contributed by atoms with Gasteiger partial charge in [0, 0.05) is 36.1 Å². The molecular weight excluding hydrogens is 267 g/mol. The molecule has 3 rings (SSSR count). The van der Waals surface area contributed by atoms with Crippen LogP contribution in [0.1, 0.15) is 5.56 Å². The van der Waals surface area contributed by atoms with E-state index in [9.17, 15) is 4.39 Å². The molecule has 106 valence electrons. The number of ether oxygens (including phenoxy) is 1. The van der Waals surface area contributed by atoms with Crippen molar-refractivity contribution in [3.05, 3.63) is 66.2 Å². The van der Waals surface area contributed by atoms with Gasteiger partial charge < -0.3 is 10.1 Å². The summed E-state index contributed by atoms with van der Waals surface area (Å²) in [5, 5.41) is 5.47. The third-order valence-electron chi connectivity index (χ3n) is 3.41. The van der Waals surface area contributed by atoms with E-state index in [2.05, 4.69) is 16.4 Å². The lowest BCUT2D eigenvalue weighted by atomic mass is 10.1. The summed E-state index contributed by atoms with van der Waals surface area (Å²) >= 11 is 0. The molecule has 0 radical (unpaired) electrons. The second-order valence-corrected chi connectivity index (χ2v) is 4.72. The standard InChI is InChI=1S/C17H15FN2O/c1-21-17-6-5-14(9-16(17)18)20-11-13-4-2-3-12-10-19-8-7-15(12)13/h2-10,20H,11H2,1H3. The Balaban J connectivity index is 1.82. The maximum absolute atomic E-state index is 13.7. The van der Waals surface area contributed by atoms with E-state index in [0.29, 0.717) is 6.54 Å². The monoisotopic (exact) mass is 282 g/mol. The van der Waals surface area contributed by atoms with Crippen molar-refractivity contribution in [3.8, 4) is 5.75 Å². The molecule has 1 N–H and O–H groups in total. The van der Waals surface area contributed by atoms with Gasteiger partial charge in [0.05, 0.1) is 7.11 Å². The van der Waals surface area contributed by atoms with Gasteiger partial charge in [0.2, 0.25) is 0 Å². The van der Waals surface area contributed by atoms with Crippen LogP contribution in [0.15, 0.2) is 54.9 Å². The predicted octanol–water partition coefficient (Wildman–Crippen LogP) is 3.99. The number of pyridine rings is 1. The molecule has 1 aromatic heterocycles. The van der Waals surface area contributed by atoms with E-state index in [1.165, 1.54) is 13.2 Å². The first-order valence-corrected chi connectivity index (χ1v) is 6.67. The minimum absolute atomic E-state index is 0.247. The number of hydrogen-bond donors (Lipinski definition) is 1. The van der Waals surface area contributed by atoms with Gasteiger partial charge in [0.1, 0.15) is 0 Å². The first kappa shape index (κ1) is 13.4. The Morgan fingerprint density at radius 1 is 1.19 bits per heavy atom. The van der Waals surface area contributed by atoms with Gasteiger partial charge in [-0.15, -0.1) is 0 Å². The molecule has 2 aromatic carbocycles. The van der Waals surface area contributed by atoms with Gasteiger partial charge in [-0.2, -0.15) is 0 Å². The molecule has 0 aliphatic heterocycles. The average Bonchev–Trinajstić information content (AvgIpc) is 2.53. The Labute approximate surface area is 122 Å². The fourth-order valence-electron chi connectivity index (χ4n) is 2.32. The Morgan fingerprint density at radius 2 is 2.10 bits per heavy atom. The number of benzene rings is 2. The predicted molar refractivity (Wildman–Crippen MR) is 82.0 cm³/mol. The minimum Gasteiger partial charge on any atom is -0.494 e. The van der Waals surface area contributed by atoms with Gasteiger partial charge in [0.15, 0.2) is 11.6 Å². The van der Waals surface area contributed by atoms with Crippen LogP contribution < -0.4 is 10.1 Å². The molecule has 0 aliphatic carbocycles. The normalized spacial score (nSPS) is 10.6. The molecule has 0 saturated carbocycles. The van der Waals surface area contributed by atoms with Crippen molar-refractivity contribution in [2.24, 2.45) is 0 Å². The van der Waals surface area contributed by atoms with E-state index < -0.39 is 0 Å². The first-order valence-electron chi connectivity index (χ1n) is 6.67. The number of nitrogens with zero attached hydrogens (tertiary/aromatic N) is 1. The van der Waals surface area contributed by atoms with Crippen LogP contribution in [0.3, 0.4) is 0 Å². The zero-order chi connectivity index (χ0) is 14.7. The van der Waals surface area contributed by atoms with Gasteiger partial charge >= 0.3 is 0 Å². The van der Waals surface area contributed by atoms with Crippen molar-refractivity contribution in [2.75, 3.05) is 12.4 Å². The highest BCUT2D eigenvalue weighted by Gasteiger charge is 2.04. The molecule has 0 atom stereocenters. The molecule has 0 saturated heterocycles. The molecule has 1 heterocycles. The Bertz CT molecular complexity index is 768.